The minimum Gasteiger partial charge on any atom is -0.484 e. The number of thioether (sulfide) groups is 1. The first-order chi connectivity index (χ1) is 13.8. The maximum Gasteiger partial charge on any atom is 0.277 e. The largest absolute Gasteiger partial charge is 0.484 e. The van der Waals surface area contributed by atoms with E-state index in [4.69, 9.17) is 18.6 Å². The van der Waals surface area contributed by atoms with E-state index in [-0.39, 0.29) is 25.1 Å². The van der Waals surface area contributed by atoms with Crippen LogP contribution in [-0.4, -0.2) is 28.7 Å². The van der Waals surface area contributed by atoms with E-state index in [1.807, 2.05) is 48.5 Å². The summed E-state index contributed by atoms with van der Waals surface area (Å²) in [5.41, 5.74) is 0.931. The molecule has 9 heteroatoms. The lowest BCUT2D eigenvalue weighted by molar-refractivity contribution is -0.118. The van der Waals surface area contributed by atoms with Crippen molar-refractivity contribution in [3.05, 3.63) is 60.0 Å². The average molecular weight is 399 g/mol. The van der Waals surface area contributed by atoms with Gasteiger partial charge in [0.25, 0.3) is 11.1 Å². The summed E-state index contributed by atoms with van der Waals surface area (Å²) in [5, 5.41) is 11.0. The molecule has 2 heterocycles. The summed E-state index contributed by atoms with van der Waals surface area (Å²) in [5.74, 6) is 2.52. The van der Waals surface area contributed by atoms with Gasteiger partial charge in [-0.05, 0) is 29.8 Å². The molecule has 0 saturated heterocycles. The third-order valence-corrected chi connectivity index (χ3v) is 4.63. The van der Waals surface area contributed by atoms with Crippen LogP contribution in [0, 0.1) is 0 Å². The molecule has 0 fully saturated rings. The average Bonchev–Trinajstić information content (AvgIpc) is 3.38. The van der Waals surface area contributed by atoms with Crippen LogP contribution in [0.4, 0.5) is 0 Å². The van der Waals surface area contributed by atoms with Crippen molar-refractivity contribution in [1.29, 1.82) is 0 Å². The van der Waals surface area contributed by atoms with Gasteiger partial charge in [0.05, 0.1) is 5.75 Å². The monoisotopic (exact) mass is 399 g/mol. The number of amides is 1. The van der Waals surface area contributed by atoms with Crippen LogP contribution in [0.1, 0.15) is 11.5 Å². The van der Waals surface area contributed by atoms with Gasteiger partial charge in [-0.25, -0.2) is 0 Å². The van der Waals surface area contributed by atoms with Crippen molar-refractivity contribution in [3.8, 4) is 17.2 Å². The molecule has 0 unspecified atom stereocenters. The summed E-state index contributed by atoms with van der Waals surface area (Å²) in [4.78, 5) is 12.0. The van der Waals surface area contributed by atoms with E-state index in [0.29, 0.717) is 29.2 Å². The maximum atomic E-state index is 12.0. The second kappa shape index (κ2) is 8.66. The number of carbonyl (C=O) groups is 1. The Labute approximate surface area is 165 Å². The summed E-state index contributed by atoms with van der Waals surface area (Å²) in [6.07, 6.45) is 0. The Morgan fingerprint density at radius 3 is 2.86 bits per heavy atom. The van der Waals surface area contributed by atoms with Crippen LogP contribution in [-0.2, 0) is 17.9 Å². The van der Waals surface area contributed by atoms with E-state index in [1.165, 1.54) is 11.8 Å². The zero-order chi connectivity index (χ0) is 19.2. The lowest BCUT2D eigenvalue weighted by atomic mass is 10.2. The standard InChI is InChI=1S/C19H17N3O5S/c23-17(20-9-13-6-7-15-16(8-13)26-12-25-15)11-28-19-22-21-18(27-19)10-24-14-4-2-1-3-5-14/h1-8H,9-12H2,(H,20,23). The molecular formula is C19H17N3O5S. The summed E-state index contributed by atoms with van der Waals surface area (Å²) < 4.78 is 21.6. The molecule has 0 spiro atoms. The second-order valence-electron chi connectivity index (χ2n) is 5.82. The zero-order valence-corrected chi connectivity index (χ0v) is 15.6. The van der Waals surface area contributed by atoms with Crippen LogP contribution in [0.3, 0.4) is 0 Å². The number of nitrogens with one attached hydrogen (secondary N) is 1. The lowest BCUT2D eigenvalue weighted by Crippen LogP contribution is -2.24. The number of aromatic nitrogens is 2. The van der Waals surface area contributed by atoms with E-state index in [0.717, 1.165) is 11.3 Å². The molecule has 4 rings (SSSR count). The molecule has 3 aromatic rings. The number of ether oxygens (including phenoxy) is 3. The second-order valence-corrected chi connectivity index (χ2v) is 6.74. The molecule has 1 N–H and O–H groups in total. The summed E-state index contributed by atoms with van der Waals surface area (Å²) in [7, 11) is 0. The highest BCUT2D eigenvalue weighted by Crippen LogP contribution is 2.32. The van der Waals surface area contributed by atoms with E-state index in [9.17, 15) is 4.79 Å². The van der Waals surface area contributed by atoms with Gasteiger partial charge in [0.2, 0.25) is 12.7 Å². The van der Waals surface area contributed by atoms with Crippen molar-refractivity contribution in [2.24, 2.45) is 0 Å². The van der Waals surface area contributed by atoms with Crippen molar-refractivity contribution in [1.82, 2.24) is 15.5 Å². The molecule has 0 aliphatic carbocycles. The quantitative estimate of drug-likeness (QED) is 0.578. The predicted molar refractivity (Wildman–Crippen MR) is 100 cm³/mol. The molecule has 2 aromatic carbocycles. The number of benzene rings is 2. The first-order valence-electron chi connectivity index (χ1n) is 8.54. The highest BCUT2D eigenvalue weighted by atomic mass is 32.2. The highest BCUT2D eigenvalue weighted by molar-refractivity contribution is 7.99. The number of carbonyl (C=O) groups excluding carboxylic acids is 1. The molecule has 1 amide bonds. The third-order valence-electron chi connectivity index (χ3n) is 3.81. The van der Waals surface area contributed by atoms with Gasteiger partial charge < -0.3 is 23.9 Å². The fourth-order valence-corrected chi connectivity index (χ4v) is 3.06. The van der Waals surface area contributed by atoms with Gasteiger partial charge in [-0.3, -0.25) is 4.79 Å². The molecule has 0 atom stereocenters. The van der Waals surface area contributed by atoms with Gasteiger partial charge >= 0.3 is 0 Å². The smallest absolute Gasteiger partial charge is 0.277 e. The molecule has 0 radical (unpaired) electrons. The molecule has 28 heavy (non-hydrogen) atoms. The van der Waals surface area contributed by atoms with E-state index < -0.39 is 0 Å². The van der Waals surface area contributed by atoms with Crippen molar-refractivity contribution in [2.75, 3.05) is 12.5 Å². The van der Waals surface area contributed by atoms with Crippen LogP contribution in [0.2, 0.25) is 0 Å². The Morgan fingerprint density at radius 2 is 1.96 bits per heavy atom. The van der Waals surface area contributed by atoms with E-state index in [1.54, 1.807) is 0 Å². The number of para-hydroxylation sites is 1. The maximum absolute atomic E-state index is 12.0. The van der Waals surface area contributed by atoms with Gasteiger partial charge in [0, 0.05) is 6.54 Å². The Hall–Kier alpha value is -3.20. The van der Waals surface area contributed by atoms with Crippen molar-refractivity contribution >= 4 is 17.7 Å². The normalized spacial score (nSPS) is 12.0. The molecule has 0 saturated carbocycles. The first kappa shape index (κ1) is 18.2. The predicted octanol–water partition coefficient (Wildman–Crippen LogP) is 2.79. The molecule has 0 bridgehead atoms. The lowest BCUT2D eigenvalue weighted by Gasteiger charge is -2.05. The number of rotatable bonds is 8. The number of nitrogens with zero attached hydrogens (tertiary/aromatic N) is 2. The number of fused-ring (bicyclic) bond motifs is 1. The fourth-order valence-electron chi connectivity index (χ4n) is 2.45. The summed E-state index contributed by atoms with van der Waals surface area (Å²) in [6.45, 7) is 0.800. The number of hydrogen-bond acceptors (Lipinski definition) is 8. The van der Waals surface area contributed by atoms with Gasteiger partial charge in [-0.15, -0.1) is 10.2 Å². The van der Waals surface area contributed by atoms with Crippen LogP contribution in [0.5, 0.6) is 17.2 Å². The Morgan fingerprint density at radius 1 is 1.11 bits per heavy atom. The molecule has 1 aliphatic heterocycles. The van der Waals surface area contributed by atoms with Crippen LogP contribution >= 0.6 is 11.8 Å². The molecular weight excluding hydrogens is 382 g/mol. The highest BCUT2D eigenvalue weighted by Gasteiger charge is 2.14. The van der Waals surface area contributed by atoms with Crippen molar-refractivity contribution in [3.63, 3.8) is 0 Å². The van der Waals surface area contributed by atoms with Gasteiger partial charge in [0.1, 0.15) is 5.75 Å². The van der Waals surface area contributed by atoms with E-state index in [2.05, 4.69) is 15.5 Å². The summed E-state index contributed by atoms with van der Waals surface area (Å²) >= 11 is 1.17. The Balaban J connectivity index is 1.20. The zero-order valence-electron chi connectivity index (χ0n) is 14.8. The Bertz CT molecular complexity index is 948. The minimum absolute atomic E-state index is 0.136. The van der Waals surface area contributed by atoms with Crippen LogP contribution < -0.4 is 19.5 Å². The SMILES string of the molecule is O=C(CSc1nnc(COc2ccccc2)o1)NCc1ccc2c(c1)OCO2. The van der Waals surface area contributed by atoms with Gasteiger partial charge in [0.15, 0.2) is 18.1 Å². The van der Waals surface area contributed by atoms with Gasteiger partial charge in [-0.2, -0.15) is 0 Å². The topological polar surface area (TPSA) is 95.7 Å². The molecule has 144 valence electrons. The van der Waals surface area contributed by atoms with Crippen molar-refractivity contribution in [2.45, 2.75) is 18.4 Å². The van der Waals surface area contributed by atoms with Crippen LogP contribution in [0.15, 0.2) is 58.2 Å². The number of hydrogen-bond donors (Lipinski definition) is 1. The molecule has 1 aromatic heterocycles. The molecule has 8 nitrogen and oxygen atoms in total. The fraction of sp³-hybridized carbons (Fsp3) is 0.211. The summed E-state index contributed by atoms with van der Waals surface area (Å²) in [6, 6.07) is 14.9. The minimum atomic E-state index is -0.136. The molecule has 1 aliphatic rings. The van der Waals surface area contributed by atoms with Crippen molar-refractivity contribution < 1.29 is 23.4 Å². The third kappa shape index (κ3) is 4.74. The van der Waals surface area contributed by atoms with Gasteiger partial charge in [-0.1, -0.05) is 36.0 Å². The van der Waals surface area contributed by atoms with Crippen LogP contribution in [0.25, 0.3) is 0 Å². The first-order valence-corrected chi connectivity index (χ1v) is 9.53. The Kier molecular flexibility index (Phi) is 5.62. The van der Waals surface area contributed by atoms with E-state index >= 15 is 0 Å².